The van der Waals surface area contributed by atoms with E-state index in [0.29, 0.717) is 17.8 Å². The molecule has 1 aliphatic rings. The molecule has 0 saturated heterocycles. The second kappa shape index (κ2) is 5.73. The van der Waals surface area contributed by atoms with Gasteiger partial charge in [0.05, 0.1) is 23.9 Å². The summed E-state index contributed by atoms with van der Waals surface area (Å²) in [6, 6.07) is 12.9. The van der Waals surface area contributed by atoms with Crippen molar-refractivity contribution in [2.45, 2.75) is 31.8 Å². The molecule has 0 radical (unpaired) electrons. The summed E-state index contributed by atoms with van der Waals surface area (Å²) in [4.78, 5) is 3.99. The molecule has 1 atom stereocenters. The maximum Gasteiger partial charge on any atom is 0.213 e. The van der Waals surface area contributed by atoms with Gasteiger partial charge in [-0.3, -0.25) is 0 Å². The van der Waals surface area contributed by atoms with Gasteiger partial charge < -0.3 is 10.3 Å². The standard InChI is InChI=1S/C19H17FN4/c20-19-3-1-2-14(23-19)11-24-17-6-4-12(10-21)8-15(17)16-9-13(22)5-7-18(16)24/h1-4,6,8,13H,5,7,9,11,22H2. The Morgan fingerprint density at radius 3 is 3.00 bits per heavy atom. The Kier molecular flexibility index (Phi) is 3.55. The molecule has 0 bridgehead atoms. The molecule has 120 valence electrons. The van der Waals surface area contributed by atoms with Gasteiger partial charge in [-0.1, -0.05) is 6.07 Å². The van der Waals surface area contributed by atoms with Crippen molar-refractivity contribution in [1.29, 1.82) is 5.26 Å². The zero-order valence-electron chi connectivity index (χ0n) is 13.2. The van der Waals surface area contributed by atoms with Crippen LogP contribution in [0.1, 0.15) is 28.9 Å². The number of nitrogens with zero attached hydrogens (tertiary/aromatic N) is 3. The number of halogens is 1. The van der Waals surface area contributed by atoms with Crippen molar-refractivity contribution in [3.63, 3.8) is 0 Å². The molecular formula is C19H17FN4. The quantitative estimate of drug-likeness (QED) is 0.738. The fourth-order valence-electron chi connectivity index (χ4n) is 3.63. The number of rotatable bonds is 2. The fourth-order valence-corrected chi connectivity index (χ4v) is 3.63. The predicted octanol–water partition coefficient (Wildman–Crippen LogP) is 2.91. The summed E-state index contributed by atoms with van der Waals surface area (Å²) in [7, 11) is 0. The first kappa shape index (κ1) is 14.9. The molecule has 3 aromatic rings. The number of benzene rings is 1. The summed E-state index contributed by atoms with van der Waals surface area (Å²) in [5.74, 6) is -0.466. The second-order valence-corrected chi connectivity index (χ2v) is 6.31. The summed E-state index contributed by atoms with van der Waals surface area (Å²) in [5, 5.41) is 10.3. The average Bonchev–Trinajstić information content (AvgIpc) is 2.87. The molecule has 2 aromatic heterocycles. The van der Waals surface area contributed by atoms with Crippen molar-refractivity contribution in [3.05, 3.63) is 64.9 Å². The van der Waals surface area contributed by atoms with E-state index in [1.54, 1.807) is 6.07 Å². The highest BCUT2D eigenvalue weighted by Gasteiger charge is 2.24. The average molecular weight is 320 g/mol. The Balaban J connectivity index is 1.90. The normalized spacial score (nSPS) is 16.8. The molecule has 4 nitrogen and oxygen atoms in total. The smallest absolute Gasteiger partial charge is 0.213 e. The lowest BCUT2D eigenvalue weighted by molar-refractivity contribution is 0.549. The molecule has 5 heteroatoms. The largest absolute Gasteiger partial charge is 0.338 e. The molecule has 4 rings (SSSR count). The van der Waals surface area contributed by atoms with Gasteiger partial charge in [-0.05, 0) is 55.2 Å². The number of hydrogen-bond acceptors (Lipinski definition) is 3. The van der Waals surface area contributed by atoms with E-state index in [1.807, 2.05) is 24.3 Å². The second-order valence-electron chi connectivity index (χ2n) is 6.31. The van der Waals surface area contributed by atoms with Gasteiger partial charge in [0.25, 0.3) is 0 Å². The molecule has 0 saturated carbocycles. The molecule has 1 aromatic carbocycles. The van der Waals surface area contributed by atoms with Crippen LogP contribution in [0, 0.1) is 17.3 Å². The van der Waals surface area contributed by atoms with Crippen LogP contribution in [0.5, 0.6) is 0 Å². The van der Waals surface area contributed by atoms with Crippen LogP contribution in [0.15, 0.2) is 36.4 Å². The Bertz CT molecular complexity index is 967. The first-order chi connectivity index (χ1) is 11.7. The van der Waals surface area contributed by atoms with Crippen LogP contribution < -0.4 is 5.73 Å². The summed E-state index contributed by atoms with van der Waals surface area (Å²) in [6.07, 6.45) is 2.64. The summed E-state index contributed by atoms with van der Waals surface area (Å²) in [6.45, 7) is 0.519. The third kappa shape index (κ3) is 2.45. The molecule has 24 heavy (non-hydrogen) atoms. The number of fused-ring (bicyclic) bond motifs is 3. The first-order valence-electron chi connectivity index (χ1n) is 8.07. The van der Waals surface area contributed by atoms with E-state index in [1.165, 1.54) is 17.3 Å². The lowest BCUT2D eigenvalue weighted by Crippen LogP contribution is -2.28. The van der Waals surface area contributed by atoms with Crippen LogP contribution >= 0.6 is 0 Å². The van der Waals surface area contributed by atoms with Crippen molar-refractivity contribution < 1.29 is 4.39 Å². The lowest BCUT2D eigenvalue weighted by Gasteiger charge is -2.20. The SMILES string of the molecule is N#Cc1ccc2c(c1)c1c(n2Cc2cccc(F)n2)CCC(N)C1. The van der Waals surface area contributed by atoms with E-state index in [4.69, 9.17) is 5.73 Å². The Morgan fingerprint density at radius 1 is 1.33 bits per heavy atom. The van der Waals surface area contributed by atoms with Crippen molar-refractivity contribution >= 4 is 10.9 Å². The third-order valence-electron chi connectivity index (χ3n) is 4.73. The van der Waals surface area contributed by atoms with E-state index in [-0.39, 0.29) is 6.04 Å². The van der Waals surface area contributed by atoms with Gasteiger partial charge in [0.1, 0.15) is 0 Å². The van der Waals surface area contributed by atoms with Gasteiger partial charge in [0.2, 0.25) is 5.95 Å². The van der Waals surface area contributed by atoms with Gasteiger partial charge in [-0.2, -0.15) is 9.65 Å². The Morgan fingerprint density at radius 2 is 2.21 bits per heavy atom. The minimum absolute atomic E-state index is 0.148. The topological polar surface area (TPSA) is 67.6 Å². The number of aromatic nitrogens is 2. The molecular weight excluding hydrogens is 303 g/mol. The van der Waals surface area contributed by atoms with Gasteiger partial charge >= 0.3 is 0 Å². The summed E-state index contributed by atoms with van der Waals surface area (Å²) < 4.78 is 15.6. The van der Waals surface area contributed by atoms with Crippen LogP contribution in [0.2, 0.25) is 0 Å². The van der Waals surface area contributed by atoms with Gasteiger partial charge in [-0.15, -0.1) is 0 Å². The van der Waals surface area contributed by atoms with E-state index in [9.17, 15) is 9.65 Å². The number of pyridine rings is 1. The van der Waals surface area contributed by atoms with E-state index in [2.05, 4.69) is 15.6 Å². The van der Waals surface area contributed by atoms with E-state index in [0.717, 1.165) is 30.2 Å². The highest BCUT2D eigenvalue weighted by atomic mass is 19.1. The highest BCUT2D eigenvalue weighted by Crippen LogP contribution is 2.33. The van der Waals surface area contributed by atoms with E-state index >= 15 is 0 Å². The number of nitrogens with two attached hydrogens (primary N) is 1. The zero-order valence-corrected chi connectivity index (χ0v) is 13.2. The van der Waals surface area contributed by atoms with Gasteiger partial charge in [0, 0.05) is 22.6 Å². The molecule has 2 heterocycles. The van der Waals surface area contributed by atoms with Crippen LogP contribution in [0.3, 0.4) is 0 Å². The van der Waals surface area contributed by atoms with Crippen LogP contribution in [-0.2, 0) is 19.4 Å². The van der Waals surface area contributed by atoms with Crippen LogP contribution in [-0.4, -0.2) is 15.6 Å². The molecule has 0 aliphatic heterocycles. The maximum atomic E-state index is 13.4. The third-order valence-corrected chi connectivity index (χ3v) is 4.73. The monoisotopic (exact) mass is 320 g/mol. The Hall–Kier alpha value is -2.71. The van der Waals surface area contributed by atoms with Gasteiger partial charge in [0.15, 0.2) is 0 Å². The number of nitriles is 1. The summed E-state index contributed by atoms with van der Waals surface area (Å²) >= 11 is 0. The molecule has 0 fully saturated rings. The summed E-state index contributed by atoms with van der Waals surface area (Å²) in [5.41, 5.74) is 11.0. The maximum absolute atomic E-state index is 13.4. The highest BCUT2D eigenvalue weighted by molar-refractivity contribution is 5.87. The molecule has 2 N–H and O–H groups in total. The fraction of sp³-hybridized carbons (Fsp3) is 0.263. The molecule has 0 amide bonds. The first-order valence-corrected chi connectivity index (χ1v) is 8.07. The lowest BCUT2D eigenvalue weighted by atomic mass is 9.91. The molecule has 0 spiro atoms. The zero-order chi connectivity index (χ0) is 16.7. The minimum Gasteiger partial charge on any atom is -0.338 e. The number of hydrogen-bond donors (Lipinski definition) is 1. The van der Waals surface area contributed by atoms with Crippen LogP contribution in [0.4, 0.5) is 4.39 Å². The minimum atomic E-state index is -0.466. The molecule has 1 aliphatic carbocycles. The van der Waals surface area contributed by atoms with Gasteiger partial charge in [-0.25, -0.2) is 4.98 Å². The van der Waals surface area contributed by atoms with Crippen molar-refractivity contribution in [2.75, 3.05) is 0 Å². The molecule has 1 unspecified atom stereocenters. The van der Waals surface area contributed by atoms with Crippen molar-refractivity contribution in [1.82, 2.24) is 9.55 Å². The van der Waals surface area contributed by atoms with Crippen molar-refractivity contribution in [2.24, 2.45) is 5.73 Å². The predicted molar refractivity (Wildman–Crippen MR) is 90.0 cm³/mol. The Labute approximate surface area is 139 Å². The van der Waals surface area contributed by atoms with Crippen LogP contribution in [0.25, 0.3) is 10.9 Å². The van der Waals surface area contributed by atoms with Crippen molar-refractivity contribution in [3.8, 4) is 6.07 Å². The van der Waals surface area contributed by atoms with E-state index < -0.39 is 5.95 Å².